The number of nitrogens with one attached hydrogen (secondary N) is 1. The molecule has 1 unspecified atom stereocenters. The Labute approximate surface area is 119 Å². The Morgan fingerprint density at radius 3 is 3.10 bits per heavy atom. The zero-order valence-electron chi connectivity index (χ0n) is 10.7. The number of rotatable bonds is 2. The smallest absolute Gasteiger partial charge is 0.268 e. The van der Waals surface area contributed by atoms with E-state index in [1.807, 2.05) is 12.1 Å². The molecule has 1 aliphatic rings. The van der Waals surface area contributed by atoms with Crippen LogP contribution in [0.15, 0.2) is 34.9 Å². The van der Waals surface area contributed by atoms with Crippen molar-refractivity contribution in [1.82, 2.24) is 15.5 Å². The first-order valence-corrected chi connectivity index (χ1v) is 7.37. The van der Waals surface area contributed by atoms with Crippen molar-refractivity contribution in [2.75, 3.05) is 19.7 Å². The lowest BCUT2D eigenvalue weighted by atomic mass is 10.2. The van der Waals surface area contributed by atoms with Gasteiger partial charge < -0.3 is 14.6 Å². The molecule has 1 N–H and O–H groups in total. The minimum Gasteiger partial charge on any atom is -0.367 e. The molecule has 3 aromatic rings. The maximum absolute atomic E-state index is 5.63. The molecule has 1 aromatic carbocycles. The topological polar surface area (TPSA) is 60.2 Å². The highest BCUT2D eigenvalue weighted by Crippen LogP contribution is 2.33. The molecular formula is C14H13N3O2S. The molecular weight excluding hydrogens is 274 g/mol. The second kappa shape index (κ2) is 4.97. The van der Waals surface area contributed by atoms with E-state index in [4.69, 9.17) is 9.26 Å². The van der Waals surface area contributed by atoms with Gasteiger partial charge in [0, 0.05) is 17.8 Å². The van der Waals surface area contributed by atoms with Crippen molar-refractivity contribution >= 4 is 21.4 Å². The van der Waals surface area contributed by atoms with Crippen LogP contribution in [0.4, 0.5) is 0 Å². The van der Waals surface area contributed by atoms with Crippen molar-refractivity contribution in [3.63, 3.8) is 0 Å². The predicted octanol–water partition coefficient (Wildman–Crippen LogP) is 2.61. The average molecular weight is 287 g/mol. The Morgan fingerprint density at radius 2 is 2.25 bits per heavy atom. The fourth-order valence-electron chi connectivity index (χ4n) is 2.28. The lowest BCUT2D eigenvalue weighted by molar-refractivity contribution is 0.0208. The number of fused-ring (bicyclic) bond motifs is 1. The van der Waals surface area contributed by atoms with Crippen molar-refractivity contribution in [2.45, 2.75) is 6.10 Å². The number of hydrogen-bond acceptors (Lipinski definition) is 6. The van der Waals surface area contributed by atoms with Gasteiger partial charge in [0.1, 0.15) is 6.10 Å². The van der Waals surface area contributed by atoms with Gasteiger partial charge in [-0.25, -0.2) is 0 Å². The second-order valence-corrected chi connectivity index (χ2v) is 5.75. The van der Waals surface area contributed by atoms with E-state index in [1.165, 1.54) is 10.1 Å². The van der Waals surface area contributed by atoms with E-state index in [0.29, 0.717) is 18.3 Å². The summed E-state index contributed by atoms with van der Waals surface area (Å²) < 4.78 is 12.2. The van der Waals surface area contributed by atoms with Crippen LogP contribution in [0.3, 0.4) is 0 Å². The number of benzene rings is 1. The lowest BCUT2D eigenvalue weighted by Crippen LogP contribution is -2.33. The molecule has 5 nitrogen and oxygen atoms in total. The molecule has 0 radical (unpaired) electrons. The fourth-order valence-corrected chi connectivity index (χ4v) is 3.27. The molecule has 1 fully saturated rings. The van der Waals surface area contributed by atoms with Gasteiger partial charge >= 0.3 is 0 Å². The summed E-state index contributed by atoms with van der Waals surface area (Å²) in [6.45, 7) is 2.28. The summed E-state index contributed by atoms with van der Waals surface area (Å²) in [5.74, 6) is 1.18. The molecule has 102 valence electrons. The van der Waals surface area contributed by atoms with Gasteiger partial charge in [0.15, 0.2) is 0 Å². The molecule has 6 heteroatoms. The van der Waals surface area contributed by atoms with Crippen LogP contribution in [-0.2, 0) is 4.74 Å². The Kier molecular flexibility index (Phi) is 2.99. The van der Waals surface area contributed by atoms with Crippen LogP contribution in [0, 0.1) is 0 Å². The number of morpholine rings is 1. The average Bonchev–Trinajstić information content (AvgIpc) is 3.14. The highest BCUT2D eigenvalue weighted by atomic mass is 32.1. The molecule has 2 aromatic heterocycles. The van der Waals surface area contributed by atoms with E-state index >= 15 is 0 Å². The van der Waals surface area contributed by atoms with Gasteiger partial charge in [0.05, 0.1) is 11.5 Å². The van der Waals surface area contributed by atoms with E-state index in [1.54, 1.807) is 11.3 Å². The van der Waals surface area contributed by atoms with Crippen LogP contribution < -0.4 is 5.32 Å². The maximum atomic E-state index is 5.63. The predicted molar refractivity (Wildman–Crippen MR) is 76.7 cm³/mol. The number of aromatic nitrogens is 2. The molecule has 0 amide bonds. The number of ether oxygens (including phenoxy) is 1. The van der Waals surface area contributed by atoms with Crippen LogP contribution in [0.1, 0.15) is 11.9 Å². The van der Waals surface area contributed by atoms with Crippen LogP contribution in [0.25, 0.3) is 20.9 Å². The van der Waals surface area contributed by atoms with Crippen molar-refractivity contribution in [3.05, 3.63) is 36.2 Å². The number of nitrogens with zero attached hydrogens (tertiary/aromatic N) is 2. The molecule has 20 heavy (non-hydrogen) atoms. The summed E-state index contributed by atoms with van der Waals surface area (Å²) in [6, 6.07) is 10.3. The van der Waals surface area contributed by atoms with Crippen molar-refractivity contribution < 1.29 is 9.26 Å². The van der Waals surface area contributed by atoms with Gasteiger partial charge in [-0.15, -0.1) is 11.3 Å². The third-order valence-electron chi connectivity index (χ3n) is 3.29. The normalized spacial score (nSPS) is 19.5. The summed E-state index contributed by atoms with van der Waals surface area (Å²) in [7, 11) is 0. The van der Waals surface area contributed by atoms with E-state index in [0.717, 1.165) is 18.0 Å². The molecule has 3 heterocycles. The lowest BCUT2D eigenvalue weighted by Gasteiger charge is -2.20. The molecule has 0 spiro atoms. The highest BCUT2D eigenvalue weighted by Gasteiger charge is 2.22. The SMILES string of the molecule is c1ccc2sc(-c3nc(C4CNCCO4)no3)cc2c1. The van der Waals surface area contributed by atoms with Crippen LogP contribution in [0.5, 0.6) is 0 Å². The first kappa shape index (κ1) is 12.0. The summed E-state index contributed by atoms with van der Waals surface area (Å²) in [6.07, 6.45) is -0.115. The minimum atomic E-state index is -0.115. The summed E-state index contributed by atoms with van der Waals surface area (Å²) in [5.41, 5.74) is 0. The van der Waals surface area contributed by atoms with Crippen molar-refractivity contribution in [3.8, 4) is 10.8 Å². The molecule has 1 saturated heterocycles. The molecule has 1 atom stereocenters. The third kappa shape index (κ3) is 2.11. The first-order valence-electron chi connectivity index (χ1n) is 6.55. The van der Waals surface area contributed by atoms with Gasteiger partial charge in [0.25, 0.3) is 5.89 Å². The number of thiophene rings is 1. The second-order valence-electron chi connectivity index (χ2n) is 4.67. The van der Waals surface area contributed by atoms with Gasteiger partial charge in [0.2, 0.25) is 5.82 Å². The fraction of sp³-hybridized carbons (Fsp3) is 0.286. The third-order valence-corrected chi connectivity index (χ3v) is 4.40. The Balaban J connectivity index is 1.66. The van der Waals surface area contributed by atoms with E-state index < -0.39 is 0 Å². The summed E-state index contributed by atoms with van der Waals surface area (Å²) in [5, 5.41) is 8.50. The van der Waals surface area contributed by atoms with E-state index in [-0.39, 0.29) is 6.10 Å². The molecule has 1 aliphatic heterocycles. The first-order chi connectivity index (χ1) is 9.90. The van der Waals surface area contributed by atoms with Crippen molar-refractivity contribution in [1.29, 1.82) is 0 Å². The van der Waals surface area contributed by atoms with Crippen LogP contribution in [-0.4, -0.2) is 29.8 Å². The monoisotopic (exact) mass is 287 g/mol. The maximum Gasteiger partial charge on any atom is 0.268 e. The standard InChI is InChI=1S/C14H13N3O2S/c1-2-4-11-9(3-1)7-12(20-11)14-16-13(17-19-14)10-8-15-5-6-18-10/h1-4,7,10,15H,5-6,8H2. The molecule has 0 aliphatic carbocycles. The van der Waals surface area contributed by atoms with Crippen molar-refractivity contribution in [2.24, 2.45) is 0 Å². The van der Waals surface area contributed by atoms with Gasteiger partial charge in [-0.1, -0.05) is 23.4 Å². The molecule has 4 rings (SSSR count). The Morgan fingerprint density at radius 1 is 1.30 bits per heavy atom. The highest BCUT2D eigenvalue weighted by molar-refractivity contribution is 7.22. The zero-order valence-corrected chi connectivity index (χ0v) is 11.5. The number of hydrogen-bond donors (Lipinski definition) is 1. The van der Waals surface area contributed by atoms with E-state index in [9.17, 15) is 0 Å². The van der Waals surface area contributed by atoms with Gasteiger partial charge in [-0.05, 0) is 17.5 Å². The summed E-state index contributed by atoms with van der Waals surface area (Å²) in [4.78, 5) is 5.46. The Bertz CT molecular complexity index is 698. The molecule has 0 saturated carbocycles. The van der Waals surface area contributed by atoms with Crippen LogP contribution in [0.2, 0.25) is 0 Å². The largest absolute Gasteiger partial charge is 0.367 e. The van der Waals surface area contributed by atoms with Crippen LogP contribution >= 0.6 is 11.3 Å². The summed E-state index contributed by atoms with van der Waals surface area (Å²) >= 11 is 1.66. The minimum absolute atomic E-state index is 0.115. The van der Waals surface area contributed by atoms with E-state index in [2.05, 4.69) is 33.7 Å². The molecule has 0 bridgehead atoms. The van der Waals surface area contributed by atoms with Gasteiger partial charge in [-0.3, -0.25) is 0 Å². The zero-order chi connectivity index (χ0) is 13.4. The van der Waals surface area contributed by atoms with Gasteiger partial charge in [-0.2, -0.15) is 4.98 Å². The Hall–Kier alpha value is -1.76. The quantitative estimate of drug-likeness (QED) is 0.785.